The number of nitrogen functional groups attached to an aromatic ring is 1. The second kappa shape index (κ2) is 4.74. The number of aryl methyl sites for hydroxylation is 2. The summed E-state index contributed by atoms with van der Waals surface area (Å²) in [6.07, 6.45) is 2.00. The second-order valence-electron chi connectivity index (χ2n) is 5.94. The van der Waals surface area contributed by atoms with Gasteiger partial charge < -0.3 is 10.3 Å². The molecule has 114 valence electrons. The fourth-order valence-corrected chi connectivity index (χ4v) is 3.19. The Kier molecular flexibility index (Phi) is 2.81. The Bertz CT molecular complexity index is 1070. The van der Waals surface area contributed by atoms with E-state index in [1.807, 2.05) is 73.3 Å². The van der Waals surface area contributed by atoms with Gasteiger partial charge in [0.25, 0.3) is 5.91 Å². The maximum atomic E-state index is 13.0. The maximum Gasteiger partial charge on any atom is 0.262 e. The second-order valence-corrected chi connectivity index (χ2v) is 5.94. The molecule has 0 fully saturated rings. The molecule has 4 aromatic rings. The molecule has 4 nitrogen and oxygen atoms in total. The molecule has 0 spiro atoms. The summed E-state index contributed by atoms with van der Waals surface area (Å²) in [6, 6.07) is 15.4. The average Bonchev–Trinajstić information content (AvgIpc) is 3.05. The number of benzene rings is 2. The molecule has 0 aliphatic carbocycles. The molecule has 4 heteroatoms. The number of nitrogens with zero attached hydrogens (tertiary/aromatic N) is 2. The topological polar surface area (TPSA) is 52.9 Å². The molecule has 0 aliphatic rings. The Morgan fingerprint density at radius 1 is 0.957 bits per heavy atom. The summed E-state index contributed by atoms with van der Waals surface area (Å²) in [5.41, 5.74) is 10.1. The molecule has 2 heterocycles. The van der Waals surface area contributed by atoms with E-state index in [9.17, 15) is 4.79 Å². The van der Waals surface area contributed by atoms with Crippen LogP contribution in [0.25, 0.3) is 21.8 Å². The van der Waals surface area contributed by atoms with Crippen LogP contribution in [0.5, 0.6) is 0 Å². The predicted octanol–water partition coefficient (Wildman–Crippen LogP) is 3.71. The summed E-state index contributed by atoms with van der Waals surface area (Å²) in [5, 5.41) is 2.05. The Morgan fingerprint density at radius 3 is 2.57 bits per heavy atom. The molecular formula is C19H17N3O. The number of carbonyl (C=O) groups excluding carboxylic acids is 1. The quantitative estimate of drug-likeness (QED) is 0.545. The summed E-state index contributed by atoms with van der Waals surface area (Å²) in [5.74, 6) is -0.0203. The van der Waals surface area contributed by atoms with Crippen molar-refractivity contribution >= 4 is 33.4 Å². The van der Waals surface area contributed by atoms with Gasteiger partial charge in [0, 0.05) is 46.5 Å². The molecule has 23 heavy (non-hydrogen) atoms. The van der Waals surface area contributed by atoms with Crippen LogP contribution in [-0.4, -0.2) is 15.0 Å². The van der Waals surface area contributed by atoms with E-state index in [-0.39, 0.29) is 5.91 Å². The van der Waals surface area contributed by atoms with Crippen molar-refractivity contribution in [3.8, 4) is 0 Å². The fraction of sp³-hybridized carbons (Fsp3) is 0.105. The smallest absolute Gasteiger partial charge is 0.262 e. The van der Waals surface area contributed by atoms with Gasteiger partial charge in [-0.2, -0.15) is 0 Å². The van der Waals surface area contributed by atoms with Gasteiger partial charge in [0.1, 0.15) is 0 Å². The summed E-state index contributed by atoms with van der Waals surface area (Å²) in [7, 11) is 2.00. The van der Waals surface area contributed by atoms with Gasteiger partial charge >= 0.3 is 0 Å². The molecule has 0 unspecified atom stereocenters. The summed E-state index contributed by atoms with van der Waals surface area (Å²) < 4.78 is 3.79. The van der Waals surface area contributed by atoms with Gasteiger partial charge in [-0.25, -0.2) is 0 Å². The maximum absolute atomic E-state index is 13.0. The van der Waals surface area contributed by atoms with Gasteiger partial charge in [0.15, 0.2) is 0 Å². The number of fused-ring (bicyclic) bond motifs is 2. The first-order valence-electron chi connectivity index (χ1n) is 7.52. The van der Waals surface area contributed by atoms with Gasteiger partial charge in [-0.05, 0) is 55.5 Å². The first-order chi connectivity index (χ1) is 11.0. The van der Waals surface area contributed by atoms with E-state index in [0.29, 0.717) is 11.3 Å². The Morgan fingerprint density at radius 2 is 1.74 bits per heavy atom. The molecule has 4 rings (SSSR count). The zero-order valence-corrected chi connectivity index (χ0v) is 13.1. The SMILES string of the molecule is Cc1cc2cc(N)ccc2n1C(=O)c1ccc2c(ccn2C)c1. The van der Waals surface area contributed by atoms with E-state index >= 15 is 0 Å². The minimum absolute atomic E-state index is 0.0203. The van der Waals surface area contributed by atoms with Crippen LogP contribution in [0.2, 0.25) is 0 Å². The van der Waals surface area contributed by atoms with Crippen LogP contribution in [-0.2, 0) is 7.05 Å². The monoisotopic (exact) mass is 303 g/mol. The molecule has 0 atom stereocenters. The highest BCUT2D eigenvalue weighted by Gasteiger charge is 2.15. The molecular weight excluding hydrogens is 286 g/mol. The lowest BCUT2D eigenvalue weighted by molar-refractivity contribution is 0.0963. The first-order valence-corrected chi connectivity index (χ1v) is 7.52. The molecule has 0 saturated heterocycles. The van der Waals surface area contributed by atoms with Gasteiger partial charge in [-0.1, -0.05) is 0 Å². The van der Waals surface area contributed by atoms with Crippen molar-refractivity contribution in [1.29, 1.82) is 0 Å². The van der Waals surface area contributed by atoms with Crippen molar-refractivity contribution in [3.05, 3.63) is 66.0 Å². The van der Waals surface area contributed by atoms with Gasteiger partial charge in [-0.3, -0.25) is 9.36 Å². The van der Waals surface area contributed by atoms with Crippen molar-refractivity contribution in [2.24, 2.45) is 7.05 Å². The lowest BCUT2D eigenvalue weighted by atomic mass is 10.1. The third kappa shape index (κ3) is 2.03. The van der Waals surface area contributed by atoms with Crippen LogP contribution >= 0.6 is 0 Å². The van der Waals surface area contributed by atoms with E-state index in [0.717, 1.165) is 27.5 Å². The number of rotatable bonds is 1. The van der Waals surface area contributed by atoms with Crippen LogP contribution in [0.1, 0.15) is 16.1 Å². The zero-order chi connectivity index (χ0) is 16.1. The van der Waals surface area contributed by atoms with E-state index < -0.39 is 0 Å². The van der Waals surface area contributed by atoms with E-state index in [2.05, 4.69) is 0 Å². The summed E-state index contributed by atoms with van der Waals surface area (Å²) in [4.78, 5) is 13.0. The van der Waals surface area contributed by atoms with Gasteiger partial charge in [0.2, 0.25) is 0 Å². The van der Waals surface area contributed by atoms with Crippen molar-refractivity contribution in [2.45, 2.75) is 6.92 Å². The number of anilines is 1. The van der Waals surface area contributed by atoms with Gasteiger partial charge in [0.05, 0.1) is 5.52 Å². The van der Waals surface area contributed by atoms with Crippen molar-refractivity contribution < 1.29 is 4.79 Å². The molecule has 0 amide bonds. The van der Waals surface area contributed by atoms with Gasteiger partial charge in [-0.15, -0.1) is 0 Å². The minimum Gasteiger partial charge on any atom is -0.399 e. The van der Waals surface area contributed by atoms with Crippen molar-refractivity contribution in [1.82, 2.24) is 9.13 Å². The number of nitrogens with two attached hydrogens (primary N) is 1. The van der Waals surface area contributed by atoms with Crippen LogP contribution in [0.4, 0.5) is 5.69 Å². The van der Waals surface area contributed by atoms with Crippen molar-refractivity contribution in [3.63, 3.8) is 0 Å². The largest absolute Gasteiger partial charge is 0.399 e. The molecule has 0 radical (unpaired) electrons. The Labute approximate surface area is 133 Å². The minimum atomic E-state index is -0.0203. The number of hydrogen-bond donors (Lipinski definition) is 1. The lowest BCUT2D eigenvalue weighted by Crippen LogP contribution is -2.13. The predicted molar refractivity (Wildman–Crippen MR) is 93.7 cm³/mol. The first kappa shape index (κ1) is 13.6. The highest BCUT2D eigenvalue weighted by Crippen LogP contribution is 2.24. The molecule has 2 aromatic carbocycles. The van der Waals surface area contributed by atoms with Crippen LogP contribution in [0.15, 0.2) is 54.7 Å². The van der Waals surface area contributed by atoms with E-state index in [1.54, 1.807) is 4.57 Å². The molecule has 0 bridgehead atoms. The number of aromatic nitrogens is 2. The number of hydrogen-bond acceptors (Lipinski definition) is 2. The average molecular weight is 303 g/mol. The Hall–Kier alpha value is -3.01. The molecule has 2 N–H and O–H groups in total. The highest BCUT2D eigenvalue weighted by atomic mass is 16.2. The van der Waals surface area contributed by atoms with Crippen LogP contribution in [0, 0.1) is 6.92 Å². The standard InChI is InChI=1S/C19H17N3O/c1-12-9-15-11-16(20)4-6-18(15)22(12)19(23)14-3-5-17-13(10-14)7-8-21(17)2/h3-11H,20H2,1-2H3. The summed E-state index contributed by atoms with van der Waals surface area (Å²) >= 11 is 0. The van der Waals surface area contributed by atoms with Crippen molar-refractivity contribution in [2.75, 3.05) is 5.73 Å². The Balaban J connectivity index is 1.88. The molecule has 2 aromatic heterocycles. The third-order valence-corrected chi connectivity index (χ3v) is 4.34. The molecule has 0 aliphatic heterocycles. The summed E-state index contributed by atoms with van der Waals surface area (Å²) in [6.45, 7) is 1.94. The lowest BCUT2D eigenvalue weighted by Gasteiger charge is -2.08. The van der Waals surface area contributed by atoms with Crippen LogP contribution in [0.3, 0.4) is 0 Å². The number of carbonyl (C=O) groups is 1. The van der Waals surface area contributed by atoms with Crippen LogP contribution < -0.4 is 5.73 Å². The van der Waals surface area contributed by atoms with E-state index in [4.69, 9.17) is 5.73 Å². The van der Waals surface area contributed by atoms with E-state index in [1.165, 1.54) is 0 Å². The zero-order valence-electron chi connectivity index (χ0n) is 13.1. The fourth-order valence-electron chi connectivity index (χ4n) is 3.19. The normalized spacial score (nSPS) is 11.4. The molecule has 0 saturated carbocycles. The highest BCUT2D eigenvalue weighted by molar-refractivity contribution is 6.05. The third-order valence-electron chi connectivity index (χ3n) is 4.34.